The molecule has 4 rings (SSSR count). The Balaban J connectivity index is 1.53. The Hall–Kier alpha value is -3.41. The number of anilines is 1. The molecule has 0 spiro atoms. The standard InChI is InChI=1S/C23H25N5O/c1-15-6-5-7-18(12-15)23(29)24-19-8-9-21-20(14-19)25-22(27(21)4)10-11-28-17(3)13-16(2)26-28/h5-9,12-14H,10-11H2,1-4H3,(H,24,29). The first kappa shape index (κ1) is 18.9. The maximum atomic E-state index is 12.5. The Morgan fingerprint density at radius 3 is 2.62 bits per heavy atom. The van der Waals surface area contributed by atoms with Gasteiger partial charge in [0, 0.05) is 37.0 Å². The number of benzene rings is 2. The lowest BCUT2D eigenvalue weighted by Gasteiger charge is -2.06. The van der Waals surface area contributed by atoms with Crippen molar-refractivity contribution in [3.8, 4) is 0 Å². The van der Waals surface area contributed by atoms with E-state index in [1.165, 1.54) is 0 Å². The van der Waals surface area contributed by atoms with Crippen LogP contribution in [0.3, 0.4) is 0 Å². The van der Waals surface area contributed by atoms with Gasteiger partial charge >= 0.3 is 0 Å². The number of fused-ring (bicyclic) bond motifs is 1. The molecule has 2 heterocycles. The summed E-state index contributed by atoms with van der Waals surface area (Å²) in [5.41, 5.74) is 6.55. The molecule has 0 aliphatic rings. The molecule has 148 valence electrons. The molecule has 0 saturated carbocycles. The van der Waals surface area contributed by atoms with Crippen molar-refractivity contribution in [3.05, 3.63) is 76.9 Å². The van der Waals surface area contributed by atoms with Gasteiger partial charge in [-0.15, -0.1) is 0 Å². The molecule has 0 saturated heterocycles. The van der Waals surface area contributed by atoms with E-state index in [-0.39, 0.29) is 5.91 Å². The second-order valence-corrected chi connectivity index (χ2v) is 7.51. The molecule has 2 aromatic heterocycles. The summed E-state index contributed by atoms with van der Waals surface area (Å²) in [6.07, 6.45) is 0.790. The van der Waals surface area contributed by atoms with E-state index in [4.69, 9.17) is 4.98 Å². The Morgan fingerprint density at radius 1 is 1.07 bits per heavy atom. The summed E-state index contributed by atoms with van der Waals surface area (Å²) in [4.78, 5) is 17.3. The first-order valence-electron chi connectivity index (χ1n) is 9.75. The van der Waals surface area contributed by atoms with Gasteiger partial charge in [0.15, 0.2) is 0 Å². The Morgan fingerprint density at radius 2 is 1.90 bits per heavy atom. The number of aromatic nitrogens is 4. The Kier molecular flexibility index (Phi) is 4.92. The number of hydrogen-bond acceptors (Lipinski definition) is 3. The van der Waals surface area contributed by atoms with Crippen LogP contribution in [-0.2, 0) is 20.0 Å². The van der Waals surface area contributed by atoms with Gasteiger partial charge in [-0.1, -0.05) is 17.7 Å². The van der Waals surface area contributed by atoms with Crippen LogP contribution in [0.4, 0.5) is 5.69 Å². The summed E-state index contributed by atoms with van der Waals surface area (Å²) in [7, 11) is 2.02. The maximum Gasteiger partial charge on any atom is 0.255 e. The van der Waals surface area contributed by atoms with Crippen LogP contribution < -0.4 is 5.32 Å². The van der Waals surface area contributed by atoms with Crippen LogP contribution in [0, 0.1) is 20.8 Å². The Labute approximate surface area is 170 Å². The average Bonchev–Trinajstić information content (AvgIpc) is 3.17. The molecule has 0 aliphatic carbocycles. The number of aryl methyl sites for hydroxylation is 6. The van der Waals surface area contributed by atoms with Gasteiger partial charge in [-0.3, -0.25) is 9.48 Å². The van der Waals surface area contributed by atoms with E-state index in [1.807, 2.05) is 68.0 Å². The number of carbonyl (C=O) groups excluding carboxylic acids is 1. The van der Waals surface area contributed by atoms with Crippen molar-refractivity contribution >= 4 is 22.6 Å². The van der Waals surface area contributed by atoms with Crippen molar-refractivity contribution in [2.24, 2.45) is 7.05 Å². The summed E-state index contributed by atoms with van der Waals surface area (Å²) < 4.78 is 4.12. The number of carbonyl (C=O) groups is 1. The molecule has 1 N–H and O–H groups in total. The zero-order valence-corrected chi connectivity index (χ0v) is 17.2. The summed E-state index contributed by atoms with van der Waals surface area (Å²) in [5.74, 6) is 0.878. The van der Waals surface area contributed by atoms with Crippen molar-refractivity contribution in [3.63, 3.8) is 0 Å². The molecule has 6 nitrogen and oxygen atoms in total. The maximum absolute atomic E-state index is 12.5. The van der Waals surface area contributed by atoms with E-state index in [0.717, 1.165) is 52.5 Å². The van der Waals surface area contributed by atoms with Crippen LogP contribution in [0.5, 0.6) is 0 Å². The first-order chi connectivity index (χ1) is 13.9. The molecule has 0 atom stereocenters. The lowest BCUT2D eigenvalue weighted by molar-refractivity contribution is 0.102. The number of hydrogen-bond donors (Lipinski definition) is 1. The highest BCUT2D eigenvalue weighted by Crippen LogP contribution is 2.21. The second kappa shape index (κ2) is 7.54. The number of nitrogens with zero attached hydrogens (tertiary/aromatic N) is 4. The quantitative estimate of drug-likeness (QED) is 0.558. The summed E-state index contributed by atoms with van der Waals surface area (Å²) in [6, 6.07) is 15.5. The van der Waals surface area contributed by atoms with Crippen molar-refractivity contribution < 1.29 is 4.79 Å². The van der Waals surface area contributed by atoms with Crippen LogP contribution >= 0.6 is 0 Å². The fourth-order valence-electron chi connectivity index (χ4n) is 3.65. The van der Waals surface area contributed by atoms with E-state index in [0.29, 0.717) is 5.56 Å². The number of imidazole rings is 1. The summed E-state index contributed by atoms with van der Waals surface area (Å²) in [6.45, 7) is 6.83. The fraction of sp³-hybridized carbons (Fsp3) is 0.261. The average molecular weight is 387 g/mol. The smallest absolute Gasteiger partial charge is 0.255 e. The van der Waals surface area contributed by atoms with Crippen LogP contribution in [0.2, 0.25) is 0 Å². The molecule has 2 aromatic carbocycles. The molecule has 4 aromatic rings. The van der Waals surface area contributed by atoms with Crippen LogP contribution in [0.25, 0.3) is 11.0 Å². The van der Waals surface area contributed by atoms with Gasteiger partial charge in [-0.05, 0) is 57.2 Å². The van der Waals surface area contributed by atoms with Crippen LogP contribution in [0.1, 0.15) is 33.1 Å². The predicted molar refractivity (Wildman–Crippen MR) is 115 cm³/mol. The number of amides is 1. The topological polar surface area (TPSA) is 64.7 Å². The monoisotopic (exact) mass is 387 g/mol. The van der Waals surface area contributed by atoms with Crippen molar-refractivity contribution in [2.75, 3.05) is 5.32 Å². The summed E-state index contributed by atoms with van der Waals surface area (Å²) >= 11 is 0. The highest BCUT2D eigenvalue weighted by atomic mass is 16.1. The van der Waals surface area contributed by atoms with Crippen molar-refractivity contribution in [2.45, 2.75) is 33.7 Å². The van der Waals surface area contributed by atoms with Crippen molar-refractivity contribution in [1.82, 2.24) is 19.3 Å². The van der Waals surface area contributed by atoms with Gasteiger partial charge in [0.2, 0.25) is 0 Å². The molecule has 6 heteroatoms. The van der Waals surface area contributed by atoms with E-state index in [2.05, 4.69) is 28.0 Å². The van der Waals surface area contributed by atoms with Gasteiger partial charge in [0.1, 0.15) is 5.82 Å². The van der Waals surface area contributed by atoms with Gasteiger partial charge in [0.25, 0.3) is 5.91 Å². The molecule has 0 unspecified atom stereocenters. The zero-order valence-electron chi connectivity index (χ0n) is 17.2. The Bertz CT molecular complexity index is 1200. The molecule has 0 radical (unpaired) electrons. The molecular formula is C23H25N5O. The van der Waals surface area contributed by atoms with Gasteiger partial charge in [-0.25, -0.2) is 4.98 Å². The minimum absolute atomic E-state index is 0.117. The summed E-state index contributed by atoms with van der Waals surface area (Å²) in [5, 5.41) is 7.49. The highest BCUT2D eigenvalue weighted by molar-refractivity contribution is 6.05. The third-order valence-corrected chi connectivity index (χ3v) is 5.16. The highest BCUT2D eigenvalue weighted by Gasteiger charge is 2.11. The first-order valence-corrected chi connectivity index (χ1v) is 9.75. The van der Waals surface area contributed by atoms with Crippen LogP contribution in [0.15, 0.2) is 48.5 Å². The number of nitrogens with one attached hydrogen (secondary N) is 1. The number of rotatable bonds is 5. The normalized spacial score (nSPS) is 11.2. The van der Waals surface area contributed by atoms with Gasteiger partial charge in [-0.2, -0.15) is 5.10 Å². The van der Waals surface area contributed by atoms with Crippen molar-refractivity contribution in [1.29, 1.82) is 0 Å². The third-order valence-electron chi connectivity index (χ3n) is 5.16. The minimum atomic E-state index is -0.117. The SMILES string of the molecule is Cc1cccc(C(=O)Nc2ccc3c(c2)nc(CCn2nc(C)cc2C)n3C)c1. The molecule has 0 fully saturated rings. The van der Waals surface area contributed by atoms with E-state index in [9.17, 15) is 4.79 Å². The third kappa shape index (κ3) is 3.92. The van der Waals surface area contributed by atoms with Gasteiger partial charge < -0.3 is 9.88 Å². The second-order valence-electron chi connectivity index (χ2n) is 7.51. The largest absolute Gasteiger partial charge is 0.331 e. The molecular weight excluding hydrogens is 362 g/mol. The van der Waals surface area contributed by atoms with Gasteiger partial charge in [0.05, 0.1) is 16.7 Å². The zero-order chi connectivity index (χ0) is 20.5. The molecule has 1 amide bonds. The lowest BCUT2D eigenvalue weighted by atomic mass is 10.1. The van der Waals surface area contributed by atoms with E-state index in [1.54, 1.807) is 0 Å². The van der Waals surface area contributed by atoms with Crippen LogP contribution in [-0.4, -0.2) is 25.2 Å². The molecule has 0 bridgehead atoms. The molecule has 29 heavy (non-hydrogen) atoms. The fourth-order valence-corrected chi connectivity index (χ4v) is 3.65. The predicted octanol–water partition coefficient (Wildman–Crippen LogP) is 4.19. The minimum Gasteiger partial charge on any atom is -0.331 e. The molecule has 0 aliphatic heterocycles. The lowest BCUT2D eigenvalue weighted by Crippen LogP contribution is -2.11. The van der Waals surface area contributed by atoms with E-state index < -0.39 is 0 Å². The van der Waals surface area contributed by atoms with E-state index >= 15 is 0 Å².